The normalized spacial score (nSPS) is 16.9. The second-order valence-corrected chi connectivity index (χ2v) is 8.57. The van der Waals surface area contributed by atoms with Crippen LogP contribution in [0.15, 0.2) is 33.6 Å². The van der Waals surface area contributed by atoms with Gasteiger partial charge >= 0.3 is 5.97 Å². The number of ether oxygens (including phenoxy) is 1. The van der Waals surface area contributed by atoms with E-state index < -0.39 is 10.0 Å². The van der Waals surface area contributed by atoms with Crippen molar-refractivity contribution in [3.8, 4) is 0 Å². The monoisotopic (exact) mass is 418 g/mol. The molecule has 0 radical (unpaired) electrons. The van der Waals surface area contributed by atoms with Crippen molar-refractivity contribution in [2.45, 2.75) is 24.7 Å². The van der Waals surface area contributed by atoms with Crippen LogP contribution in [0.4, 0.5) is 0 Å². The highest BCUT2D eigenvalue weighted by atomic mass is 79.9. The van der Waals surface area contributed by atoms with Gasteiger partial charge in [0.25, 0.3) is 0 Å². The molecule has 8 heteroatoms. The molecule has 0 N–H and O–H groups in total. The number of esters is 1. The number of sulfonamides is 1. The second kappa shape index (κ2) is 8.94. The van der Waals surface area contributed by atoms with E-state index in [0.717, 1.165) is 17.3 Å². The molecule has 134 valence electrons. The molecule has 6 nitrogen and oxygen atoms in total. The topological polar surface area (TPSA) is 66.9 Å². The van der Waals surface area contributed by atoms with Gasteiger partial charge in [-0.15, -0.1) is 0 Å². The van der Waals surface area contributed by atoms with E-state index in [-0.39, 0.29) is 17.4 Å². The minimum absolute atomic E-state index is 0.217. The number of unbranched alkanes of at least 4 members (excludes halogenated alkanes) is 1. The molecule has 0 saturated carbocycles. The molecular formula is C16H23BrN2O4S. The van der Waals surface area contributed by atoms with Crippen LogP contribution >= 0.6 is 15.9 Å². The smallest absolute Gasteiger partial charge is 0.320 e. The highest BCUT2D eigenvalue weighted by Crippen LogP contribution is 2.21. The minimum atomic E-state index is -3.49. The molecule has 0 aromatic heterocycles. The molecule has 2 rings (SSSR count). The van der Waals surface area contributed by atoms with Crippen LogP contribution in [0.3, 0.4) is 0 Å². The van der Waals surface area contributed by atoms with Crippen LogP contribution in [0.5, 0.6) is 0 Å². The third kappa shape index (κ3) is 5.27. The van der Waals surface area contributed by atoms with Crippen molar-refractivity contribution in [1.29, 1.82) is 0 Å². The van der Waals surface area contributed by atoms with E-state index in [9.17, 15) is 13.2 Å². The van der Waals surface area contributed by atoms with Crippen molar-refractivity contribution < 1.29 is 17.9 Å². The van der Waals surface area contributed by atoms with Gasteiger partial charge in [-0.1, -0.05) is 35.3 Å². The Kier molecular flexibility index (Phi) is 7.21. The zero-order valence-corrected chi connectivity index (χ0v) is 16.2. The van der Waals surface area contributed by atoms with E-state index in [0.29, 0.717) is 32.8 Å². The lowest BCUT2D eigenvalue weighted by Gasteiger charge is -2.33. The zero-order chi connectivity index (χ0) is 17.6. The largest absolute Gasteiger partial charge is 0.465 e. The number of carbonyl (C=O) groups is 1. The third-order valence-corrected chi connectivity index (χ3v) is 6.27. The summed E-state index contributed by atoms with van der Waals surface area (Å²) < 4.78 is 32.6. The number of piperazine rings is 1. The maximum atomic E-state index is 12.6. The maximum absolute atomic E-state index is 12.6. The Balaban J connectivity index is 1.87. The molecule has 0 unspecified atom stereocenters. The summed E-state index contributed by atoms with van der Waals surface area (Å²) >= 11 is 3.30. The first-order chi connectivity index (χ1) is 11.4. The molecule has 0 spiro atoms. The molecule has 0 aliphatic carbocycles. The summed E-state index contributed by atoms with van der Waals surface area (Å²) in [5.41, 5.74) is 0. The first-order valence-corrected chi connectivity index (χ1v) is 10.3. The Morgan fingerprint density at radius 3 is 2.58 bits per heavy atom. The van der Waals surface area contributed by atoms with Gasteiger partial charge in [-0.25, -0.2) is 8.42 Å². The Bertz CT molecular complexity index is 658. The summed E-state index contributed by atoms with van der Waals surface area (Å²) in [5.74, 6) is -0.244. The van der Waals surface area contributed by atoms with E-state index >= 15 is 0 Å². The van der Waals surface area contributed by atoms with E-state index in [1.54, 1.807) is 24.3 Å². The first kappa shape index (κ1) is 19.4. The van der Waals surface area contributed by atoms with Crippen molar-refractivity contribution in [3.05, 3.63) is 28.7 Å². The van der Waals surface area contributed by atoms with Crippen molar-refractivity contribution in [2.24, 2.45) is 0 Å². The molecule has 0 atom stereocenters. The number of benzene rings is 1. The lowest BCUT2D eigenvalue weighted by Crippen LogP contribution is -2.50. The van der Waals surface area contributed by atoms with Crippen LogP contribution in [0.2, 0.25) is 0 Å². The molecule has 1 aromatic rings. The predicted molar refractivity (Wildman–Crippen MR) is 95.2 cm³/mol. The number of carbonyl (C=O) groups excluding carboxylic acids is 1. The minimum Gasteiger partial charge on any atom is -0.465 e. The van der Waals surface area contributed by atoms with Gasteiger partial charge in [0.15, 0.2) is 0 Å². The molecule has 0 amide bonds. The SMILES string of the molecule is CCCCOC(=O)CN1CCN(S(=O)(=O)c2cccc(Br)c2)CC1. The van der Waals surface area contributed by atoms with Gasteiger partial charge in [0.05, 0.1) is 18.0 Å². The van der Waals surface area contributed by atoms with Gasteiger partial charge in [0.1, 0.15) is 0 Å². The van der Waals surface area contributed by atoms with E-state index in [1.807, 2.05) is 11.8 Å². The zero-order valence-electron chi connectivity index (χ0n) is 13.8. The van der Waals surface area contributed by atoms with Crippen LogP contribution in [0.25, 0.3) is 0 Å². The summed E-state index contributed by atoms with van der Waals surface area (Å²) in [4.78, 5) is 13.9. The van der Waals surface area contributed by atoms with Crippen LogP contribution in [-0.2, 0) is 19.6 Å². The van der Waals surface area contributed by atoms with Crippen LogP contribution in [-0.4, -0.2) is 62.9 Å². The van der Waals surface area contributed by atoms with E-state index in [2.05, 4.69) is 15.9 Å². The van der Waals surface area contributed by atoms with Crippen LogP contribution in [0.1, 0.15) is 19.8 Å². The number of halogens is 1. The molecule has 1 saturated heterocycles. The number of rotatable bonds is 7. The van der Waals surface area contributed by atoms with Crippen molar-refractivity contribution in [1.82, 2.24) is 9.21 Å². The quantitative estimate of drug-likeness (QED) is 0.500. The summed E-state index contributed by atoms with van der Waals surface area (Å²) in [6.45, 7) is 4.50. The average Bonchev–Trinajstić information content (AvgIpc) is 2.55. The number of hydrogen-bond acceptors (Lipinski definition) is 5. The molecule has 1 aromatic carbocycles. The maximum Gasteiger partial charge on any atom is 0.320 e. The van der Waals surface area contributed by atoms with Crippen molar-refractivity contribution in [3.63, 3.8) is 0 Å². The van der Waals surface area contributed by atoms with Gasteiger partial charge in [0.2, 0.25) is 10.0 Å². The Hall–Kier alpha value is -0.960. The van der Waals surface area contributed by atoms with E-state index in [1.165, 1.54) is 4.31 Å². The molecule has 0 bridgehead atoms. The van der Waals surface area contributed by atoms with Gasteiger partial charge in [-0.05, 0) is 24.6 Å². The van der Waals surface area contributed by atoms with Gasteiger partial charge < -0.3 is 4.74 Å². The Morgan fingerprint density at radius 2 is 1.96 bits per heavy atom. The summed E-state index contributed by atoms with van der Waals surface area (Å²) in [7, 11) is -3.49. The molecule has 24 heavy (non-hydrogen) atoms. The second-order valence-electron chi connectivity index (χ2n) is 5.71. The van der Waals surface area contributed by atoms with Crippen molar-refractivity contribution >= 4 is 31.9 Å². The third-order valence-electron chi connectivity index (χ3n) is 3.88. The molecular weight excluding hydrogens is 396 g/mol. The highest BCUT2D eigenvalue weighted by Gasteiger charge is 2.29. The van der Waals surface area contributed by atoms with Crippen molar-refractivity contribution in [2.75, 3.05) is 39.3 Å². The standard InChI is InChI=1S/C16H23BrN2O4S/c1-2-3-11-23-16(20)13-18-7-9-19(10-8-18)24(21,22)15-6-4-5-14(17)12-15/h4-6,12H,2-3,7-11,13H2,1H3. The van der Waals surface area contributed by atoms with E-state index in [4.69, 9.17) is 4.74 Å². The summed E-state index contributed by atoms with van der Waals surface area (Å²) in [5, 5.41) is 0. The fourth-order valence-electron chi connectivity index (χ4n) is 2.46. The Labute approximate surface area is 151 Å². The highest BCUT2D eigenvalue weighted by molar-refractivity contribution is 9.10. The Morgan fingerprint density at radius 1 is 1.25 bits per heavy atom. The lowest BCUT2D eigenvalue weighted by atomic mass is 10.3. The fourth-order valence-corrected chi connectivity index (χ4v) is 4.48. The summed E-state index contributed by atoms with van der Waals surface area (Å²) in [6, 6.07) is 6.70. The number of nitrogens with zero attached hydrogens (tertiary/aromatic N) is 2. The first-order valence-electron chi connectivity index (χ1n) is 8.07. The predicted octanol–water partition coefficient (Wildman–Crippen LogP) is 2.10. The molecule has 1 aliphatic rings. The molecule has 1 aliphatic heterocycles. The molecule has 1 fully saturated rings. The van der Waals surface area contributed by atoms with Crippen LogP contribution in [0, 0.1) is 0 Å². The fraction of sp³-hybridized carbons (Fsp3) is 0.562. The lowest BCUT2D eigenvalue weighted by molar-refractivity contribution is -0.145. The van der Waals surface area contributed by atoms with Crippen LogP contribution < -0.4 is 0 Å². The van der Waals surface area contributed by atoms with Gasteiger partial charge in [0, 0.05) is 30.7 Å². The number of hydrogen-bond donors (Lipinski definition) is 0. The average molecular weight is 419 g/mol. The van der Waals surface area contributed by atoms with Gasteiger partial charge in [-0.2, -0.15) is 4.31 Å². The molecule has 1 heterocycles. The summed E-state index contributed by atoms with van der Waals surface area (Å²) in [6.07, 6.45) is 1.85. The van der Waals surface area contributed by atoms with Gasteiger partial charge in [-0.3, -0.25) is 9.69 Å².